The molecule has 5 heteroatoms. The van der Waals surface area contributed by atoms with E-state index in [0.29, 0.717) is 5.76 Å². The Morgan fingerprint density at radius 2 is 2.17 bits per heavy atom. The predicted molar refractivity (Wildman–Crippen MR) is 67.3 cm³/mol. The van der Waals surface area contributed by atoms with E-state index in [1.807, 2.05) is 13.8 Å². The van der Waals surface area contributed by atoms with E-state index < -0.39 is 0 Å². The van der Waals surface area contributed by atoms with Crippen LogP contribution in [-0.2, 0) is 4.79 Å². The zero-order valence-corrected chi connectivity index (χ0v) is 10.9. The monoisotopic (exact) mass is 249 g/mol. The number of hydrogen-bond donors (Lipinski definition) is 2. The molecule has 1 unspecified atom stereocenters. The topological polar surface area (TPSA) is 67.2 Å². The minimum atomic E-state index is 0.131. The summed E-state index contributed by atoms with van der Waals surface area (Å²) < 4.78 is 5.06. The molecule has 5 nitrogen and oxygen atoms in total. The molecule has 1 spiro atoms. The lowest BCUT2D eigenvalue weighted by molar-refractivity contribution is -0.118. The maximum absolute atomic E-state index is 12.2. The molecule has 2 N–H and O–H groups in total. The highest BCUT2D eigenvalue weighted by Gasteiger charge is 2.57. The van der Waals surface area contributed by atoms with Gasteiger partial charge in [-0.25, -0.2) is 0 Å². The Labute approximate surface area is 106 Å². The van der Waals surface area contributed by atoms with Gasteiger partial charge in [-0.15, -0.1) is 0 Å². The fourth-order valence-corrected chi connectivity index (χ4v) is 3.07. The molecule has 98 valence electrons. The Hall–Kier alpha value is -1.36. The van der Waals surface area contributed by atoms with Crippen LogP contribution in [0.25, 0.3) is 0 Å². The number of nitrogens with one attached hydrogen (secondary N) is 2. The van der Waals surface area contributed by atoms with E-state index in [1.54, 1.807) is 0 Å². The molecule has 1 atom stereocenters. The predicted octanol–water partition coefficient (Wildman–Crippen LogP) is 1.62. The van der Waals surface area contributed by atoms with Gasteiger partial charge in [-0.05, 0) is 51.6 Å². The van der Waals surface area contributed by atoms with Crippen LogP contribution in [0.2, 0.25) is 0 Å². The minimum Gasteiger partial charge on any atom is -0.359 e. The van der Waals surface area contributed by atoms with Crippen LogP contribution in [0.1, 0.15) is 30.7 Å². The summed E-state index contributed by atoms with van der Waals surface area (Å²) in [5, 5.41) is 10.2. The van der Waals surface area contributed by atoms with Crippen molar-refractivity contribution in [2.75, 3.05) is 18.4 Å². The van der Waals surface area contributed by atoms with Gasteiger partial charge in [-0.3, -0.25) is 4.79 Å². The molecular weight excluding hydrogens is 230 g/mol. The van der Waals surface area contributed by atoms with E-state index in [0.717, 1.165) is 43.7 Å². The molecule has 1 aliphatic heterocycles. The lowest BCUT2D eigenvalue weighted by Gasteiger charge is -2.23. The summed E-state index contributed by atoms with van der Waals surface area (Å²) in [6.45, 7) is 5.74. The summed E-state index contributed by atoms with van der Waals surface area (Å²) in [4.78, 5) is 12.2. The third-order valence-electron chi connectivity index (χ3n) is 4.39. The minimum absolute atomic E-state index is 0.131. The average molecular weight is 249 g/mol. The highest BCUT2D eigenvalue weighted by molar-refractivity contribution is 5.95. The number of aromatic nitrogens is 1. The third-order valence-corrected chi connectivity index (χ3v) is 4.39. The first-order chi connectivity index (χ1) is 8.62. The van der Waals surface area contributed by atoms with E-state index in [9.17, 15) is 4.79 Å². The molecule has 3 rings (SSSR count). The second-order valence-corrected chi connectivity index (χ2v) is 5.56. The molecule has 1 aromatic heterocycles. The van der Waals surface area contributed by atoms with Crippen LogP contribution in [-0.4, -0.2) is 24.2 Å². The van der Waals surface area contributed by atoms with Crippen molar-refractivity contribution in [2.45, 2.75) is 33.1 Å². The van der Waals surface area contributed by atoms with Crippen LogP contribution in [0, 0.1) is 25.2 Å². The molecule has 18 heavy (non-hydrogen) atoms. The number of carbonyl (C=O) groups excluding carboxylic acids is 1. The lowest BCUT2D eigenvalue weighted by atomic mass is 9.92. The van der Waals surface area contributed by atoms with E-state index in [1.165, 1.54) is 0 Å². The molecule has 1 aromatic rings. The van der Waals surface area contributed by atoms with Crippen molar-refractivity contribution < 1.29 is 9.32 Å². The van der Waals surface area contributed by atoms with Gasteiger partial charge in [-0.2, -0.15) is 0 Å². The van der Waals surface area contributed by atoms with Crippen molar-refractivity contribution in [3.05, 3.63) is 11.5 Å². The van der Waals surface area contributed by atoms with Gasteiger partial charge < -0.3 is 15.2 Å². The van der Waals surface area contributed by atoms with Gasteiger partial charge in [-0.1, -0.05) is 5.16 Å². The Morgan fingerprint density at radius 1 is 1.44 bits per heavy atom. The number of rotatable bonds is 2. The molecule has 0 bridgehead atoms. The summed E-state index contributed by atoms with van der Waals surface area (Å²) in [5.74, 6) is 0.987. The fraction of sp³-hybridized carbons (Fsp3) is 0.692. The van der Waals surface area contributed by atoms with Crippen molar-refractivity contribution in [1.29, 1.82) is 0 Å². The Morgan fingerprint density at radius 3 is 2.78 bits per heavy atom. The van der Waals surface area contributed by atoms with E-state index in [-0.39, 0.29) is 17.2 Å². The maximum Gasteiger partial charge on any atom is 0.228 e. The molecule has 2 heterocycles. The van der Waals surface area contributed by atoms with Crippen LogP contribution in [0.5, 0.6) is 0 Å². The number of nitrogens with zero attached hydrogens (tertiary/aromatic N) is 1. The van der Waals surface area contributed by atoms with Gasteiger partial charge in [0, 0.05) is 5.92 Å². The quantitative estimate of drug-likeness (QED) is 0.835. The van der Waals surface area contributed by atoms with Crippen LogP contribution >= 0.6 is 0 Å². The van der Waals surface area contributed by atoms with Gasteiger partial charge in [0.15, 0.2) is 5.76 Å². The number of hydrogen-bond acceptors (Lipinski definition) is 4. The van der Waals surface area contributed by atoms with E-state index in [2.05, 4.69) is 15.8 Å². The van der Waals surface area contributed by atoms with Crippen molar-refractivity contribution in [3.8, 4) is 0 Å². The van der Waals surface area contributed by atoms with Crippen molar-refractivity contribution in [1.82, 2.24) is 10.5 Å². The van der Waals surface area contributed by atoms with Crippen molar-refractivity contribution in [2.24, 2.45) is 11.3 Å². The summed E-state index contributed by atoms with van der Waals surface area (Å²) in [6.07, 6.45) is 3.27. The van der Waals surface area contributed by atoms with Crippen molar-refractivity contribution in [3.63, 3.8) is 0 Å². The molecule has 1 aliphatic carbocycles. The summed E-state index contributed by atoms with van der Waals surface area (Å²) in [6, 6.07) is 0. The Balaban J connectivity index is 1.67. The van der Waals surface area contributed by atoms with Crippen LogP contribution < -0.4 is 10.6 Å². The van der Waals surface area contributed by atoms with E-state index in [4.69, 9.17) is 4.52 Å². The second kappa shape index (κ2) is 4.09. The van der Waals surface area contributed by atoms with Crippen LogP contribution in [0.15, 0.2) is 4.52 Å². The number of carbonyl (C=O) groups is 1. The fourth-order valence-electron chi connectivity index (χ4n) is 3.07. The summed E-state index contributed by atoms with van der Waals surface area (Å²) >= 11 is 0. The van der Waals surface area contributed by atoms with E-state index >= 15 is 0 Å². The zero-order valence-electron chi connectivity index (χ0n) is 10.9. The first-order valence-electron chi connectivity index (χ1n) is 6.57. The van der Waals surface area contributed by atoms with Gasteiger partial charge >= 0.3 is 0 Å². The number of amides is 1. The highest BCUT2D eigenvalue weighted by atomic mass is 16.5. The molecule has 2 aliphatic rings. The van der Waals surface area contributed by atoms with Gasteiger partial charge in [0.25, 0.3) is 0 Å². The Kier molecular flexibility index (Phi) is 2.66. The smallest absolute Gasteiger partial charge is 0.228 e. The normalized spacial score (nSPS) is 25.1. The Bertz CT molecular complexity index is 455. The maximum atomic E-state index is 12.2. The van der Waals surface area contributed by atoms with Gasteiger partial charge in [0.2, 0.25) is 5.91 Å². The lowest BCUT2D eigenvalue weighted by Crippen LogP contribution is -2.31. The molecular formula is C13H19N3O2. The summed E-state index contributed by atoms with van der Waals surface area (Å²) in [7, 11) is 0. The molecule has 2 fully saturated rings. The molecule has 0 aromatic carbocycles. The molecule has 1 saturated carbocycles. The second-order valence-electron chi connectivity index (χ2n) is 5.56. The average Bonchev–Trinajstić information content (AvgIpc) is 2.97. The van der Waals surface area contributed by atoms with Crippen molar-refractivity contribution >= 4 is 11.6 Å². The number of anilines is 1. The standard InChI is InChI=1S/C13H19N3O2/c1-8-11(9(2)18-16-8)15-12(17)10-7-13(10)3-5-14-6-4-13/h10,14H,3-7H2,1-2H3,(H,15,17). The van der Waals surface area contributed by atoms with Crippen LogP contribution in [0.3, 0.4) is 0 Å². The SMILES string of the molecule is Cc1noc(C)c1NC(=O)C1CC12CCNCC2. The number of aryl methyl sites for hydroxylation is 2. The van der Waals surface area contributed by atoms with Gasteiger partial charge in [0.05, 0.1) is 0 Å². The molecule has 1 saturated heterocycles. The largest absolute Gasteiger partial charge is 0.359 e. The molecule has 0 radical (unpaired) electrons. The number of piperidine rings is 1. The highest BCUT2D eigenvalue weighted by Crippen LogP contribution is 2.58. The van der Waals surface area contributed by atoms with Gasteiger partial charge in [0.1, 0.15) is 11.4 Å². The van der Waals surface area contributed by atoms with Crippen LogP contribution in [0.4, 0.5) is 5.69 Å². The first kappa shape index (κ1) is 11.7. The zero-order chi connectivity index (χ0) is 12.8. The molecule has 1 amide bonds. The third kappa shape index (κ3) is 1.82. The summed E-state index contributed by atoms with van der Waals surface area (Å²) in [5.41, 5.74) is 1.77. The first-order valence-corrected chi connectivity index (χ1v) is 6.57.